The van der Waals surface area contributed by atoms with Crippen molar-refractivity contribution in [2.24, 2.45) is 0 Å². The van der Waals surface area contributed by atoms with Crippen LogP contribution in [0.5, 0.6) is 17.2 Å². The van der Waals surface area contributed by atoms with Gasteiger partial charge in [-0.05, 0) is 48.5 Å². The third kappa shape index (κ3) is 3.08. The van der Waals surface area contributed by atoms with Gasteiger partial charge in [-0.2, -0.15) is 0 Å². The molecule has 3 aromatic heterocycles. The van der Waals surface area contributed by atoms with Crippen LogP contribution in [0.2, 0.25) is 5.02 Å². The van der Waals surface area contributed by atoms with Gasteiger partial charge in [0.05, 0.1) is 41.2 Å². The summed E-state index contributed by atoms with van der Waals surface area (Å²) in [5.74, 6) is 0.930. The number of aromatic nitrogens is 2. The first-order valence-corrected chi connectivity index (χ1v) is 11.2. The second-order valence-electron chi connectivity index (χ2n) is 8.09. The summed E-state index contributed by atoms with van der Waals surface area (Å²) in [6.07, 6.45) is 1.71. The van der Waals surface area contributed by atoms with Crippen LogP contribution in [0.15, 0.2) is 65.6 Å². The Morgan fingerprint density at radius 1 is 1.00 bits per heavy atom. The first kappa shape index (κ1) is 21.4. The lowest BCUT2D eigenvalue weighted by atomic mass is 10.1. The molecule has 0 atom stereocenters. The van der Waals surface area contributed by atoms with E-state index in [9.17, 15) is 9.18 Å². The van der Waals surface area contributed by atoms with Crippen LogP contribution < -0.4 is 19.8 Å². The zero-order valence-electron chi connectivity index (χ0n) is 18.8. The first-order chi connectivity index (χ1) is 17.0. The summed E-state index contributed by atoms with van der Waals surface area (Å²) in [5.41, 5.74) is 2.14. The predicted molar refractivity (Wildman–Crippen MR) is 134 cm³/mol. The number of benzene rings is 3. The molecule has 35 heavy (non-hydrogen) atoms. The Labute approximate surface area is 203 Å². The minimum Gasteiger partial charge on any atom is -0.493 e. The van der Waals surface area contributed by atoms with Crippen LogP contribution in [0.1, 0.15) is 5.56 Å². The molecule has 0 amide bonds. The van der Waals surface area contributed by atoms with Gasteiger partial charge in [0.25, 0.3) is 5.56 Å². The van der Waals surface area contributed by atoms with Crippen LogP contribution in [0.3, 0.4) is 0 Å². The van der Waals surface area contributed by atoms with Gasteiger partial charge in [-0.3, -0.25) is 14.2 Å². The molecule has 0 N–H and O–H groups in total. The topological polar surface area (TPSA) is 62.1 Å². The van der Waals surface area contributed by atoms with E-state index in [-0.39, 0.29) is 17.7 Å². The predicted octanol–water partition coefficient (Wildman–Crippen LogP) is 5.98. The van der Waals surface area contributed by atoms with Crippen LogP contribution in [-0.2, 0) is 6.61 Å². The van der Waals surface area contributed by atoms with Crippen molar-refractivity contribution in [1.29, 1.82) is 0 Å². The zero-order valence-corrected chi connectivity index (χ0v) is 19.5. The number of fused-ring (bicyclic) bond motifs is 5. The maximum atomic E-state index is 14.2. The molecule has 174 valence electrons. The monoisotopic (exact) mass is 488 g/mol. The number of hydrogen-bond acceptors (Lipinski definition) is 5. The number of nitrogens with zero attached hydrogens (tertiary/aromatic N) is 2. The summed E-state index contributed by atoms with van der Waals surface area (Å²) in [6, 6.07) is 15.4. The minimum atomic E-state index is -0.426. The molecule has 0 radical (unpaired) electrons. The van der Waals surface area contributed by atoms with Crippen molar-refractivity contribution in [3.05, 3.63) is 87.6 Å². The van der Waals surface area contributed by atoms with Gasteiger partial charge < -0.3 is 14.2 Å². The fourth-order valence-corrected chi connectivity index (χ4v) is 4.93. The highest BCUT2D eigenvalue weighted by molar-refractivity contribution is 6.31. The van der Waals surface area contributed by atoms with Gasteiger partial charge in [0.2, 0.25) is 0 Å². The quantitative estimate of drug-likeness (QED) is 0.279. The number of ether oxygens (including phenoxy) is 3. The second-order valence-corrected chi connectivity index (χ2v) is 8.49. The van der Waals surface area contributed by atoms with Crippen LogP contribution >= 0.6 is 11.6 Å². The molecular formula is C27H18ClFN2O4. The largest absolute Gasteiger partial charge is 0.493 e. The molecule has 3 heterocycles. The Morgan fingerprint density at radius 2 is 1.86 bits per heavy atom. The SMILES string of the molecule is COc1ccc2c(c1OC)c(=O)n1c3ccc(OCc4c(F)cccc4Cl)cc3c3ccnc2c31. The average Bonchev–Trinajstić information content (AvgIpc) is 3.21. The molecule has 6 aromatic rings. The molecule has 6 nitrogen and oxygen atoms in total. The van der Waals surface area contributed by atoms with E-state index < -0.39 is 5.82 Å². The van der Waals surface area contributed by atoms with Crippen LogP contribution in [0.25, 0.3) is 38.1 Å². The van der Waals surface area contributed by atoms with Crippen molar-refractivity contribution < 1.29 is 18.6 Å². The fraction of sp³-hybridized carbons (Fsp3) is 0.111. The lowest BCUT2D eigenvalue weighted by Gasteiger charge is -2.12. The number of methoxy groups -OCH3 is 2. The summed E-state index contributed by atoms with van der Waals surface area (Å²) >= 11 is 6.14. The van der Waals surface area contributed by atoms with Crippen molar-refractivity contribution >= 4 is 49.7 Å². The molecule has 0 saturated carbocycles. The van der Waals surface area contributed by atoms with Crippen molar-refractivity contribution in [3.63, 3.8) is 0 Å². The van der Waals surface area contributed by atoms with Crippen LogP contribution in [0.4, 0.5) is 4.39 Å². The van der Waals surface area contributed by atoms with Crippen molar-refractivity contribution in [2.45, 2.75) is 6.61 Å². The molecule has 0 saturated heterocycles. The van der Waals surface area contributed by atoms with E-state index in [4.69, 9.17) is 25.8 Å². The van der Waals surface area contributed by atoms with E-state index in [0.717, 1.165) is 10.8 Å². The fourth-order valence-electron chi connectivity index (χ4n) is 4.72. The maximum Gasteiger partial charge on any atom is 0.267 e. The van der Waals surface area contributed by atoms with Crippen LogP contribution in [-0.4, -0.2) is 23.6 Å². The zero-order chi connectivity index (χ0) is 24.3. The molecule has 0 aliphatic carbocycles. The van der Waals surface area contributed by atoms with Gasteiger partial charge in [-0.1, -0.05) is 17.7 Å². The molecule has 0 bridgehead atoms. The van der Waals surface area contributed by atoms with Gasteiger partial charge in [-0.15, -0.1) is 0 Å². The molecule has 0 aliphatic rings. The highest BCUT2D eigenvalue weighted by Crippen LogP contribution is 2.39. The molecular weight excluding hydrogens is 471 g/mol. The van der Waals surface area contributed by atoms with Gasteiger partial charge >= 0.3 is 0 Å². The minimum absolute atomic E-state index is 0.0240. The van der Waals surface area contributed by atoms with Crippen LogP contribution in [0, 0.1) is 5.82 Å². The summed E-state index contributed by atoms with van der Waals surface area (Å²) in [5, 5.41) is 3.05. The second kappa shape index (κ2) is 7.99. The average molecular weight is 489 g/mol. The number of rotatable bonds is 5. The smallest absolute Gasteiger partial charge is 0.267 e. The first-order valence-electron chi connectivity index (χ1n) is 10.8. The Morgan fingerprint density at radius 3 is 2.63 bits per heavy atom. The summed E-state index contributed by atoms with van der Waals surface area (Å²) in [4.78, 5) is 18.4. The van der Waals surface area contributed by atoms with Gasteiger partial charge in [-0.25, -0.2) is 4.39 Å². The maximum absolute atomic E-state index is 14.2. The molecule has 6 rings (SSSR count). The number of hydrogen-bond donors (Lipinski definition) is 0. The molecule has 3 aromatic carbocycles. The third-order valence-corrected chi connectivity index (χ3v) is 6.66. The van der Waals surface area contributed by atoms with E-state index in [1.165, 1.54) is 20.3 Å². The van der Waals surface area contributed by atoms with Gasteiger partial charge in [0.1, 0.15) is 18.2 Å². The molecule has 0 fully saturated rings. The lowest BCUT2D eigenvalue weighted by molar-refractivity contribution is 0.300. The summed E-state index contributed by atoms with van der Waals surface area (Å²) in [7, 11) is 3.04. The highest BCUT2D eigenvalue weighted by atomic mass is 35.5. The number of halogens is 2. The molecule has 8 heteroatoms. The molecule has 0 spiro atoms. The Bertz CT molecular complexity index is 1810. The van der Waals surface area contributed by atoms with Crippen molar-refractivity contribution in [2.75, 3.05) is 14.2 Å². The normalized spacial score (nSPS) is 11.7. The number of pyridine rings is 2. The van der Waals surface area contributed by atoms with Gasteiger partial charge in [0.15, 0.2) is 11.5 Å². The summed E-state index contributed by atoms with van der Waals surface area (Å²) < 4.78 is 32.7. The van der Waals surface area contributed by atoms with E-state index in [1.54, 1.807) is 34.9 Å². The van der Waals surface area contributed by atoms with E-state index in [0.29, 0.717) is 49.6 Å². The Balaban J connectivity index is 1.60. The van der Waals surface area contributed by atoms with E-state index in [1.807, 2.05) is 24.3 Å². The highest BCUT2D eigenvalue weighted by Gasteiger charge is 2.22. The Hall–Kier alpha value is -4.10. The lowest BCUT2D eigenvalue weighted by Crippen LogP contribution is -2.14. The standard InChI is InChI=1S/C27H18ClFN2O4/c1-33-22-9-7-16-23(26(22)34-2)27(32)31-21-8-6-14(35-13-18-19(28)4-3-5-20(18)29)12-17(21)15-10-11-30-24(16)25(15)31/h3-12H,13H2,1-2H3. The van der Waals surface area contributed by atoms with E-state index >= 15 is 0 Å². The van der Waals surface area contributed by atoms with Crippen molar-refractivity contribution in [1.82, 2.24) is 9.38 Å². The molecule has 0 aliphatic heterocycles. The Kier molecular flexibility index (Phi) is 4.89. The van der Waals surface area contributed by atoms with E-state index in [2.05, 4.69) is 4.98 Å². The van der Waals surface area contributed by atoms with Gasteiger partial charge in [0, 0.05) is 27.9 Å². The molecule has 0 unspecified atom stereocenters. The summed E-state index contributed by atoms with van der Waals surface area (Å²) in [6.45, 7) is -0.0240. The third-order valence-electron chi connectivity index (χ3n) is 6.31. The van der Waals surface area contributed by atoms with Crippen molar-refractivity contribution in [3.8, 4) is 17.2 Å².